The van der Waals surface area contributed by atoms with Crippen LogP contribution in [0.2, 0.25) is 0 Å². The first-order chi connectivity index (χ1) is 9.38. The summed E-state index contributed by atoms with van der Waals surface area (Å²) in [6.07, 6.45) is 0. The van der Waals surface area contributed by atoms with Gasteiger partial charge in [0.15, 0.2) is 17.5 Å². The van der Waals surface area contributed by atoms with E-state index in [0.717, 1.165) is 5.56 Å². The van der Waals surface area contributed by atoms with Crippen LogP contribution in [-0.2, 0) is 0 Å². The predicted molar refractivity (Wildman–Crippen MR) is 67.1 cm³/mol. The standard InChI is InChI=1S/C14H10F3NO2/c1-7-2-3-9(12(19)4-7)14(20)18-8-5-10(15)13(17)11(16)6-8/h2-6,19H,1H3,(H,18,20). The number of carbonyl (C=O) groups is 1. The van der Waals surface area contributed by atoms with Crippen molar-refractivity contribution in [3.8, 4) is 5.75 Å². The lowest BCUT2D eigenvalue weighted by Crippen LogP contribution is -2.13. The predicted octanol–water partition coefficient (Wildman–Crippen LogP) is 3.37. The number of amides is 1. The minimum atomic E-state index is -1.61. The van der Waals surface area contributed by atoms with Crippen molar-refractivity contribution in [1.29, 1.82) is 0 Å². The number of benzene rings is 2. The average molecular weight is 281 g/mol. The Balaban J connectivity index is 2.28. The summed E-state index contributed by atoms with van der Waals surface area (Å²) in [6, 6.07) is 5.65. The Kier molecular flexibility index (Phi) is 3.65. The Labute approximate surface area is 112 Å². The molecule has 2 N–H and O–H groups in total. The van der Waals surface area contributed by atoms with Gasteiger partial charge in [-0.1, -0.05) is 6.07 Å². The maximum Gasteiger partial charge on any atom is 0.259 e. The smallest absolute Gasteiger partial charge is 0.259 e. The second kappa shape index (κ2) is 5.24. The summed E-state index contributed by atoms with van der Waals surface area (Å²) in [5, 5.41) is 11.8. The van der Waals surface area contributed by atoms with Crippen LogP contribution in [0, 0.1) is 24.4 Å². The van der Waals surface area contributed by atoms with Gasteiger partial charge in [0.25, 0.3) is 5.91 Å². The van der Waals surface area contributed by atoms with Gasteiger partial charge in [0.05, 0.1) is 5.56 Å². The van der Waals surface area contributed by atoms with Crippen LogP contribution in [0.25, 0.3) is 0 Å². The molecule has 0 bridgehead atoms. The number of phenolic OH excluding ortho intramolecular Hbond substituents is 1. The van der Waals surface area contributed by atoms with Gasteiger partial charge < -0.3 is 10.4 Å². The van der Waals surface area contributed by atoms with E-state index in [1.807, 2.05) is 0 Å². The molecule has 0 heterocycles. The monoisotopic (exact) mass is 281 g/mol. The molecule has 0 saturated carbocycles. The lowest BCUT2D eigenvalue weighted by atomic mass is 10.1. The Hall–Kier alpha value is -2.50. The number of aromatic hydroxyl groups is 1. The average Bonchev–Trinajstić information content (AvgIpc) is 2.35. The second-order valence-corrected chi connectivity index (χ2v) is 4.23. The van der Waals surface area contributed by atoms with Gasteiger partial charge in [-0.3, -0.25) is 4.79 Å². The van der Waals surface area contributed by atoms with E-state index < -0.39 is 23.4 Å². The normalized spacial score (nSPS) is 10.4. The zero-order valence-corrected chi connectivity index (χ0v) is 10.4. The van der Waals surface area contributed by atoms with Crippen molar-refractivity contribution in [3.05, 3.63) is 58.9 Å². The summed E-state index contributed by atoms with van der Waals surface area (Å²) in [7, 11) is 0. The minimum absolute atomic E-state index is 0.0549. The van der Waals surface area contributed by atoms with Crippen LogP contribution in [-0.4, -0.2) is 11.0 Å². The van der Waals surface area contributed by atoms with Gasteiger partial charge in [-0.2, -0.15) is 0 Å². The molecule has 0 radical (unpaired) electrons. The summed E-state index contributed by atoms with van der Waals surface area (Å²) in [4.78, 5) is 11.8. The highest BCUT2D eigenvalue weighted by Gasteiger charge is 2.15. The third-order valence-electron chi connectivity index (χ3n) is 2.64. The Morgan fingerprint density at radius 1 is 1.10 bits per heavy atom. The van der Waals surface area contributed by atoms with Crippen molar-refractivity contribution in [2.75, 3.05) is 5.32 Å². The number of carbonyl (C=O) groups excluding carboxylic acids is 1. The van der Waals surface area contributed by atoms with Gasteiger partial charge in [-0.25, -0.2) is 13.2 Å². The van der Waals surface area contributed by atoms with Gasteiger partial charge in [-0.05, 0) is 24.6 Å². The second-order valence-electron chi connectivity index (χ2n) is 4.23. The quantitative estimate of drug-likeness (QED) is 0.829. The van der Waals surface area contributed by atoms with E-state index >= 15 is 0 Å². The number of nitrogens with one attached hydrogen (secondary N) is 1. The summed E-state index contributed by atoms with van der Waals surface area (Å²) in [6.45, 7) is 1.73. The van der Waals surface area contributed by atoms with E-state index in [0.29, 0.717) is 12.1 Å². The molecular weight excluding hydrogens is 271 g/mol. The molecule has 104 valence electrons. The van der Waals surface area contributed by atoms with E-state index in [2.05, 4.69) is 5.32 Å². The van der Waals surface area contributed by atoms with Crippen molar-refractivity contribution in [2.45, 2.75) is 6.92 Å². The fourth-order valence-corrected chi connectivity index (χ4v) is 1.66. The van der Waals surface area contributed by atoms with Gasteiger partial charge in [0, 0.05) is 17.8 Å². The van der Waals surface area contributed by atoms with Gasteiger partial charge in [-0.15, -0.1) is 0 Å². The van der Waals surface area contributed by atoms with Crippen molar-refractivity contribution >= 4 is 11.6 Å². The van der Waals surface area contributed by atoms with E-state index in [9.17, 15) is 23.1 Å². The molecule has 0 aliphatic carbocycles. The third-order valence-corrected chi connectivity index (χ3v) is 2.64. The highest BCUT2D eigenvalue weighted by molar-refractivity contribution is 6.06. The molecule has 3 nitrogen and oxygen atoms in total. The van der Waals surface area contributed by atoms with E-state index in [-0.39, 0.29) is 17.0 Å². The van der Waals surface area contributed by atoms with Crippen molar-refractivity contribution in [3.63, 3.8) is 0 Å². The van der Waals surface area contributed by atoms with Crippen LogP contribution in [0.15, 0.2) is 30.3 Å². The van der Waals surface area contributed by atoms with Gasteiger partial charge in [0.2, 0.25) is 0 Å². The first-order valence-electron chi connectivity index (χ1n) is 5.64. The molecule has 2 rings (SSSR count). The number of hydrogen-bond acceptors (Lipinski definition) is 2. The highest BCUT2D eigenvalue weighted by Crippen LogP contribution is 2.22. The third kappa shape index (κ3) is 2.74. The highest BCUT2D eigenvalue weighted by atomic mass is 19.2. The van der Waals surface area contributed by atoms with Crippen LogP contribution in [0.4, 0.5) is 18.9 Å². The molecular formula is C14H10F3NO2. The number of halogens is 3. The number of anilines is 1. The molecule has 0 aromatic heterocycles. The molecule has 0 aliphatic rings. The van der Waals surface area contributed by atoms with Crippen LogP contribution in [0.5, 0.6) is 5.75 Å². The van der Waals surface area contributed by atoms with Crippen molar-refractivity contribution in [2.24, 2.45) is 0 Å². The molecule has 1 amide bonds. The van der Waals surface area contributed by atoms with Crippen LogP contribution in [0.3, 0.4) is 0 Å². The Bertz CT molecular complexity index is 663. The van der Waals surface area contributed by atoms with Gasteiger partial charge >= 0.3 is 0 Å². The zero-order valence-electron chi connectivity index (χ0n) is 10.4. The Morgan fingerprint density at radius 2 is 1.70 bits per heavy atom. The van der Waals surface area contributed by atoms with Crippen LogP contribution >= 0.6 is 0 Å². The number of hydrogen-bond donors (Lipinski definition) is 2. The van der Waals surface area contributed by atoms with Crippen molar-refractivity contribution < 1.29 is 23.1 Å². The summed E-state index contributed by atoms with van der Waals surface area (Å²) < 4.78 is 38.8. The molecule has 2 aromatic rings. The van der Waals surface area contributed by atoms with Crippen molar-refractivity contribution in [1.82, 2.24) is 0 Å². The molecule has 0 spiro atoms. The lowest BCUT2D eigenvalue weighted by Gasteiger charge is -2.08. The zero-order chi connectivity index (χ0) is 14.9. The molecule has 6 heteroatoms. The largest absolute Gasteiger partial charge is 0.507 e. The summed E-state index contributed by atoms with van der Waals surface area (Å²) in [5.41, 5.74) is 0.449. The molecule has 0 atom stereocenters. The van der Waals surface area contributed by atoms with Crippen LogP contribution in [0.1, 0.15) is 15.9 Å². The lowest BCUT2D eigenvalue weighted by molar-refractivity contribution is 0.102. The first kappa shape index (κ1) is 13.9. The van der Waals surface area contributed by atoms with E-state index in [1.54, 1.807) is 13.0 Å². The number of rotatable bonds is 2. The maximum absolute atomic E-state index is 13.0. The molecule has 0 aliphatic heterocycles. The molecule has 2 aromatic carbocycles. The fourth-order valence-electron chi connectivity index (χ4n) is 1.66. The maximum atomic E-state index is 13.0. The number of phenols is 1. The molecule has 20 heavy (non-hydrogen) atoms. The van der Waals surface area contributed by atoms with E-state index in [1.165, 1.54) is 12.1 Å². The van der Waals surface area contributed by atoms with Crippen LogP contribution < -0.4 is 5.32 Å². The fraction of sp³-hybridized carbons (Fsp3) is 0.0714. The van der Waals surface area contributed by atoms with Gasteiger partial charge in [0.1, 0.15) is 5.75 Å². The molecule has 0 fully saturated rings. The minimum Gasteiger partial charge on any atom is -0.507 e. The topological polar surface area (TPSA) is 49.3 Å². The Morgan fingerprint density at radius 3 is 2.25 bits per heavy atom. The summed E-state index contributed by atoms with van der Waals surface area (Å²) in [5.74, 6) is -5.44. The molecule has 0 saturated heterocycles. The first-order valence-corrected chi connectivity index (χ1v) is 5.64. The SMILES string of the molecule is Cc1ccc(C(=O)Nc2cc(F)c(F)c(F)c2)c(O)c1. The molecule has 0 unspecified atom stereocenters. The summed E-state index contributed by atoms with van der Waals surface area (Å²) >= 11 is 0. The number of aryl methyl sites for hydroxylation is 1. The van der Waals surface area contributed by atoms with E-state index in [4.69, 9.17) is 0 Å².